The minimum Gasteiger partial charge on any atom is -0.140 e. The number of rotatable bonds is 2. The van der Waals surface area contributed by atoms with Gasteiger partial charge in [-0.2, -0.15) is 0 Å². The molecule has 2 aromatic carbocycles. The van der Waals surface area contributed by atoms with Crippen molar-refractivity contribution in [2.24, 2.45) is 0 Å². The van der Waals surface area contributed by atoms with E-state index in [1.165, 1.54) is 67.5 Å². The van der Waals surface area contributed by atoms with E-state index in [-0.39, 0.29) is 0 Å². The third kappa shape index (κ3) is 3.11. The van der Waals surface area contributed by atoms with Gasteiger partial charge in [0.05, 0.1) is 0 Å². The summed E-state index contributed by atoms with van der Waals surface area (Å²) < 4.78 is 5.49. The number of fused-ring (bicyclic) bond motifs is 2. The molecular weight excluding hydrogens is 594 g/mol. The number of halogens is 2. The molecule has 2 heterocycles. The van der Waals surface area contributed by atoms with E-state index in [9.17, 15) is 0 Å². The van der Waals surface area contributed by atoms with E-state index in [0.717, 1.165) is 0 Å². The zero-order valence-electron chi connectivity index (χ0n) is 15.2. The summed E-state index contributed by atoms with van der Waals surface area (Å²) in [6.07, 6.45) is 3.68. The molecule has 0 saturated heterocycles. The Morgan fingerprint density at radius 3 is 1.59 bits per heavy atom. The molecule has 0 N–H and O–H groups in total. The van der Waals surface area contributed by atoms with Gasteiger partial charge in [0, 0.05) is 37.1 Å². The lowest BCUT2D eigenvalue weighted by atomic mass is 9.94. The number of benzene rings is 2. The first-order chi connectivity index (χ1) is 13.0. The second-order valence-corrected chi connectivity index (χ2v) is 12.2. The molecular formula is C23H18I2S2. The zero-order valence-corrected chi connectivity index (χ0v) is 21.1. The van der Waals surface area contributed by atoms with Gasteiger partial charge in [-0.15, -0.1) is 22.7 Å². The first kappa shape index (κ1) is 18.6. The van der Waals surface area contributed by atoms with E-state index in [4.69, 9.17) is 0 Å². The van der Waals surface area contributed by atoms with Crippen molar-refractivity contribution in [3.63, 3.8) is 0 Å². The second-order valence-electron chi connectivity index (χ2n) is 7.16. The third-order valence-electron chi connectivity index (χ3n) is 5.47. The second kappa shape index (κ2) is 7.11. The lowest BCUT2D eigenvalue weighted by molar-refractivity contribution is 0.942. The molecule has 0 spiro atoms. The van der Waals surface area contributed by atoms with Crippen LogP contribution in [0.15, 0.2) is 36.4 Å². The van der Waals surface area contributed by atoms with Crippen LogP contribution in [0.3, 0.4) is 0 Å². The van der Waals surface area contributed by atoms with Crippen molar-refractivity contribution in [1.82, 2.24) is 0 Å². The molecule has 0 fully saturated rings. The number of hydrogen-bond acceptors (Lipinski definition) is 2. The summed E-state index contributed by atoms with van der Waals surface area (Å²) in [6.45, 7) is 4.61. The molecule has 0 aliphatic heterocycles. The Bertz CT molecular complexity index is 1140. The maximum atomic E-state index is 2.44. The molecule has 27 heavy (non-hydrogen) atoms. The molecule has 0 atom stereocenters. The Morgan fingerprint density at radius 1 is 0.704 bits per heavy atom. The van der Waals surface area contributed by atoms with Crippen LogP contribution < -0.4 is 0 Å². The Kier molecular flexibility index (Phi) is 4.89. The minimum absolute atomic E-state index is 1.20. The summed E-state index contributed by atoms with van der Waals surface area (Å²) in [5.41, 5.74) is 6.24. The van der Waals surface area contributed by atoms with Crippen molar-refractivity contribution >= 4 is 99.2 Å². The summed E-state index contributed by atoms with van der Waals surface area (Å²) in [4.78, 5) is 2.93. The molecule has 0 saturated carbocycles. The summed E-state index contributed by atoms with van der Waals surface area (Å²) in [7, 11) is 0. The van der Waals surface area contributed by atoms with Gasteiger partial charge in [0.15, 0.2) is 0 Å². The minimum atomic E-state index is 1.20. The summed E-state index contributed by atoms with van der Waals surface area (Å²) in [5, 5.41) is 2.90. The van der Waals surface area contributed by atoms with E-state index in [1.807, 2.05) is 22.7 Å². The fraction of sp³-hybridized carbons (Fsp3) is 0.217. The van der Waals surface area contributed by atoms with E-state index >= 15 is 0 Å². The SMILES string of the molecule is Cc1sc2ccc(I)cc2c1C1=C(c2c(C)sc3ccc(I)cc23)CCC1. The van der Waals surface area contributed by atoms with Crippen molar-refractivity contribution in [3.05, 3.63) is 64.4 Å². The standard InChI is InChI=1S/C23H18I2S2/c1-12-22(18-10-14(24)6-8-20(18)26-12)16-4-3-5-17(16)23-13(2)27-21-9-7-15(25)11-19(21)23/h6-11H,3-5H2,1-2H3. The van der Waals surface area contributed by atoms with E-state index in [1.54, 1.807) is 11.1 Å². The van der Waals surface area contributed by atoms with Crippen molar-refractivity contribution in [1.29, 1.82) is 0 Å². The van der Waals surface area contributed by atoms with Crippen molar-refractivity contribution in [2.75, 3.05) is 0 Å². The Morgan fingerprint density at radius 2 is 1.15 bits per heavy atom. The summed E-state index contributed by atoms with van der Waals surface area (Å²) in [6, 6.07) is 13.8. The molecule has 0 radical (unpaired) electrons. The van der Waals surface area contributed by atoms with Gasteiger partial charge in [-0.1, -0.05) is 0 Å². The van der Waals surface area contributed by atoms with Gasteiger partial charge in [0.1, 0.15) is 0 Å². The zero-order chi connectivity index (χ0) is 18.7. The van der Waals surface area contributed by atoms with Crippen LogP contribution >= 0.6 is 67.9 Å². The largest absolute Gasteiger partial charge is 0.140 e. The molecule has 4 aromatic rings. The maximum absolute atomic E-state index is 2.44. The first-order valence-corrected chi connectivity index (χ1v) is 12.9. The topological polar surface area (TPSA) is 0 Å². The number of hydrogen-bond donors (Lipinski definition) is 0. The van der Waals surface area contributed by atoms with E-state index in [2.05, 4.69) is 95.4 Å². The van der Waals surface area contributed by atoms with Crippen LogP contribution in [0.5, 0.6) is 0 Å². The smallest absolute Gasteiger partial charge is 0.0352 e. The molecule has 1 aliphatic carbocycles. The molecule has 0 amide bonds. The summed E-state index contributed by atoms with van der Waals surface area (Å²) >= 11 is 8.78. The van der Waals surface area contributed by atoms with E-state index in [0.29, 0.717) is 0 Å². The Hall–Kier alpha value is -0.440. The molecule has 5 rings (SSSR count). The van der Waals surface area contributed by atoms with Crippen LogP contribution in [-0.4, -0.2) is 0 Å². The fourth-order valence-corrected chi connectivity index (χ4v) is 7.56. The van der Waals surface area contributed by atoms with Gasteiger partial charge in [-0.3, -0.25) is 0 Å². The number of thiophene rings is 2. The van der Waals surface area contributed by atoms with E-state index < -0.39 is 0 Å². The van der Waals surface area contributed by atoms with Crippen LogP contribution in [0.2, 0.25) is 0 Å². The van der Waals surface area contributed by atoms with Gasteiger partial charge >= 0.3 is 0 Å². The van der Waals surface area contributed by atoms with Crippen molar-refractivity contribution in [2.45, 2.75) is 33.1 Å². The van der Waals surface area contributed by atoms with Crippen LogP contribution in [0.1, 0.15) is 40.1 Å². The highest BCUT2D eigenvalue weighted by molar-refractivity contribution is 14.1. The average Bonchev–Trinajstić information content (AvgIpc) is 3.28. The Labute approximate surface area is 195 Å². The van der Waals surface area contributed by atoms with Gasteiger partial charge in [0.25, 0.3) is 0 Å². The van der Waals surface area contributed by atoms with Crippen molar-refractivity contribution < 1.29 is 0 Å². The molecule has 2 aromatic heterocycles. The molecule has 0 unspecified atom stereocenters. The highest BCUT2D eigenvalue weighted by atomic mass is 127. The fourth-order valence-electron chi connectivity index (χ4n) is 4.43. The van der Waals surface area contributed by atoms with Gasteiger partial charge in [-0.25, -0.2) is 0 Å². The van der Waals surface area contributed by atoms with Gasteiger partial charge in [-0.05, 0) is 137 Å². The third-order valence-corrected chi connectivity index (χ3v) is 8.99. The van der Waals surface area contributed by atoms with Crippen LogP contribution in [0, 0.1) is 21.0 Å². The molecule has 0 nitrogen and oxygen atoms in total. The summed E-state index contributed by atoms with van der Waals surface area (Å²) in [5.74, 6) is 0. The van der Waals surface area contributed by atoms with Gasteiger partial charge < -0.3 is 0 Å². The predicted molar refractivity (Wildman–Crippen MR) is 139 cm³/mol. The molecule has 136 valence electrons. The van der Waals surface area contributed by atoms with Crippen molar-refractivity contribution in [3.8, 4) is 0 Å². The lowest BCUT2D eigenvalue weighted by Crippen LogP contribution is -1.89. The highest BCUT2D eigenvalue weighted by Crippen LogP contribution is 2.49. The highest BCUT2D eigenvalue weighted by Gasteiger charge is 2.25. The van der Waals surface area contributed by atoms with Crippen LogP contribution in [-0.2, 0) is 0 Å². The lowest BCUT2D eigenvalue weighted by Gasteiger charge is -2.10. The molecule has 4 heteroatoms. The number of aryl methyl sites for hydroxylation is 2. The Balaban J connectivity index is 1.82. The quantitative estimate of drug-likeness (QED) is 0.198. The average molecular weight is 612 g/mol. The predicted octanol–water partition coefficient (Wildman–Crippen LogP) is 9.04. The van der Waals surface area contributed by atoms with Crippen LogP contribution in [0.25, 0.3) is 31.3 Å². The molecule has 1 aliphatic rings. The first-order valence-electron chi connectivity index (χ1n) is 9.13. The normalized spacial score (nSPS) is 14.8. The maximum Gasteiger partial charge on any atom is 0.0352 e. The molecule has 0 bridgehead atoms. The van der Waals surface area contributed by atoms with Crippen LogP contribution in [0.4, 0.5) is 0 Å². The monoisotopic (exact) mass is 612 g/mol. The van der Waals surface area contributed by atoms with Gasteiger partial charge in [0.2, 0.25) is 0 Å². The number of allylic oxidation sites excluding steroid dienone is 2.